The third-order valence-corrected chi connectivity index (χ3v) is 5.64. The van der Waals surface area contributed by atoms with E-state index in [1.807, 2.05) is 33.8 Å². The molecule has 30 heavy (non-hydrogen) atoms. The number of hydrogen-bond donors (Lipinski definition) is 1. The summed E-state index contributed by atoms with van der Waals surface area (Å²) >= 11 is 0. The van der Waals surface area contributed by atoms with E-state index in [9.17, 15) is 9.90 Å². The number of aromatic hydroxyl groups is 1. The van der Waals surface area contributed by atoms with Crippen molar-refractivity contribution in [2.75, 3.05) is 31.1 Å². The van der Waals surface area contributed by atoms with Gasteiger partial charge in [-0.2, -0.15) is 5.10 Å². The van der Waals surface area contributed by atoms with Gasteiger partial charge in [0.15, 0.2) is 0 Å². The molecule has 3 aromatic rings. The molecule has 1 N–H and O–H groups in total. The summed E-state index contributed by atoms with van der Waals surface area (Å²) in [5.41, 5.74) is 4.86. The van der Waals surface area contributed by atoms with E-state index in [0.717, 1.165) is 30.2 Å². The van der Waals surface area contributed by atoms with Crippen molar-refractivity contribution in [2.24, 2.45) is 0 Å². The van der Waals surface area contributed by atoms with Crippen molar-refractivity contribution in [2.45, 2.75) is 26.7 Å². The molecule has 6 heteroatoms. The first-order valence-corrected chi connectivity index (χ1v) is 10.4. The Balaban J connectivity index is 1.52. The van der Waals surface area contributed by atoms with Crippen LogP contribution >= 0.6 is 0 Å². The lowest BCUT2D eigenvalue weighted by atomic mass is 10.0. The van der Waals surface area contributed by atoms with Crippen LogP contribution in [0.2, 0.25) is 0 Å². The second-order valence-corrected chi connectivity index (χ2v) is 8.14. The molecule has 0 aliphatic carbocycles. The zero-order valence-electron chi connectivity index (χ0n) is 17.7. The molecule has 1 fully saturated rings. The lowest BCUT2D eigenvalue weighted by molar-refractivity contribution is 0.0745. The van der Waals surface area contributed by atoms with Crippen molar-refractivity contribution >= 4 is 11.6 Å². The van der Waals surface area contributed by atoms with Gasteiger partial charge in [-0.1, -0.05) is 31.5 Å². The third kappa shape index (κ3) is 3.90. The number of hydrogen-bond acceptors (Lipinski definition) is 4. The number of nitrogens with zero attached hydrogens (tertiary/aromatic N) is 4. The average molecular weight is 405 g/mol. The van der Waals surface area contributed by atoms with E-state index in [2.05, 4.69) is 42.9 Å². The van der Waals surface area contributed by atoms with Gasteiger partial charge in [-0.15, -0.1) is 0 Å². The van der Waals surface area contributed by atoms with Crippen LogP contribution in [0.5, 0.6) is 5.75 Å². The molecular formula is C24H28N4O2. The normalized spacial score (nSPS) is 14.4. The van der Waals surface area contributed by atoms with E-state index in [4.69, 9.17) is 0 Å². The summed E-state index contributed by atoms with van der Waals surface area (Å²) in [6, 6.07) is 15.4. The fourth-order valence-corrected chi connectivity index (χ4v) is 3.97. The van der Waals surface area contributed by atoms with Gasteiger partial charge in [0, 0.05) is 31.9 Å². The highest BCUT2D eigenvalue weighted by Crippen LogP contribution is 2.26. The number of anilines is 1. The van der Waals surface area contributed by atoms with Gasteiger partial charge >= 0.3 is 0 Å². The number of aryl methyl sites for hydroxylation is 1. The number of amides is 1. The Morgan fingerprint density at radius 1 is 0.933 bits per heavy atom. The number of carbonyl (C=O) groups excluding carboxylic acids is 1. The molecule has 1 amide bonds. The molecule has 156 valence electrons. The standard InChI is InChI=1S/C24H28N4O2/c1-17(2)23-22(16-25-28(23)20-6-4-18(3)5-7-20)24(30)27-14-12-26(13-15-27)19-8-10-21(29)11-9-19/h4-11,16-17,29H,12-15H2,1-3H3. The minimum atomic E-state index is 0.0439. The van der Waals surface area contributed by atoms with Crippen molar-refractivity contribution in [3.05, 3.63) is 71.5 Å². The molecule has 2 aromatic carbocycles. The summed E-state index contributed by atoms with van der Waals surface area (Å²) in [6.45, 7) is 9.10. The summed E-state index contributed by atoms with van der Waals surface area (Å²) in [6.07, 6.45) is 1.71. The fraction of sp³-hybridized carbons (Fsp3) is 0.333. The second-order valence-electron chi connectivity index (χ2n) is 8.14. The lowest BCUT2D eigenvalue weighted by Gasteiger charge is -2.36. The summed E-state index contributed by atoms with van der Waals surface area (Å²) in [4.78, 5) is 17.5. The monoisotopic (exact) mass is 404 g/mol. The van der Waals surface area contributed by atoms with Gasteiger partial charge in [-0.25, -0.2) is 4.68 Å². The molecule has 1 aromatic heterocycles. The maximum absolute atomic E-state index is 13.3. The number of rotatable bonds is 4. The number of phenolic OH excluding ortho intramolecular Hbond substituents is 1. The first-order chi connectivity index (χ1) is 14.4. The Morgan fingerprint density at radius 2 is 1.53 bits per heavy atom. The van der Waals surface area contributed by atoms with Crippen LogP contribution in [-0.4, -0.2) is 51.9 Å². The SMILES string of the molecule is Cc1ccc(-n2ncc(C(=O)N3CCN(c4ccc(O)cc4)CC3)c2C(C)C)cc1. The number of aromatic nitrogens is 2. The largest absolute Gasteiger partial charge is 0.508 e. The zero-order valence-corrected chi connectivity index (χ0v) is 17.7. The van der Waals surface area contributed by atoms with Gasteiger partial charge < -0.3 is 14.9 Å². The van der Waals surface area contributed by atoms with Crippen molar-refractivity contribution in [1.82, 2.24) is 14.7 Å². The Hall–Kier alpha value is -3.28. The summed E-state index contributed by atoms with van der Waals surface area (Å²) in [7, 11) is 0. The smallest absolute Gasteiger partial charge is 0.257 e. The quantitative estimate of drug-likeness (QED) is 0.715. The first-order valence-electron chi connectivity index (χ1n) is 10.4. The second kappa shape index (κ2) is 8.22. The van der Waals surface area contributed by atoms with Crippen LogP contribution in [0.25, 0.3) is 5.69 Å². The van der Waals surface area contributed by atoms with Gasteiger partial charge in [0.1, 0.15) is 5.75 Å². The van der Waals surface area contributed by atoms with Crippen molar-refractivity contribution in [1.29, 1.82) is 0 Å². The van der Waals surface area contributed by atoms with Crippen LogP contribution in [-0.2, 0) is 0 Å². The highest BCUT2D eigenvalue weighted by Gasteiger charge is 2.27. The van der Waals surface area contributed by atoms with Crippen LogP contribution in [0.15, 0.2) is 54.7 Å². The molecule has 0 radical (unpaired) electrons. The molecule has 0 spiro atoms. The minimum absolute atomic E-state index is 0.0439. The van der Waals surface area contributed by atoms with E-state index < -0.39 is 0 Å². The van der Waals surface area contributed by atoms with Crippen molar-refractivity contribution in [3.8, 4) is 11.4 Å². The predicted molar refractivity (Wildman–Crippen MR) is 119 cm³/mol. The van der Waals surface area contributed by atoms with Crippen LogP contribution in [0.1, 0.15) is 41.4 Å². The maximum atomic E-state index is 13.3. The van der Waals surface area contributed by atoms with E-state index in [1.54, 1.807) is 18.3 Å². The Bertz CT molecular complexity index is 1010. The molecule has 4 rings (SSSR count). The molecule has 1 aliphatic rings. The molecular weight excluding hydrogens is 376 g/mol. The molecule has 0 unspecified atom stereocenters. The summed E-state index contributed by atoms with van der Waals surface area (Å²) in [5.74, 6) is 0.479. The van der Waals surface area contributed by atoms with E-state index in [0.29, 0.717) is 18.7 Å². The maximum Gasteiger partial charge on any atom is 0.257 e. The van der Waals surface area contributed by atoms with Crippen LogP contribution in [0, 0.1) is 6.92 Å². The first kappa shape index (κ1) is 20.0. The van der Waals surface area contributed by atoms with E-state index in [1.165, 1.54) is 5.56 Å². The highest BCUT2D eigenvalue weighted by molar-refractivity contribution is 5.95. The van der Waals surface area contributed by atoms with Gasteiger partial charge in [0.2, 0.25) is 0 Å². The van der Waals surface area contributed by atoms with Gasteiger partial charge in [0.05, 0.1) is 23.1 Å². The molecule has 0 bridgehead atoms. The van der Waals surface area contributed by atoms with Crippen LogP contribution in [0.4, 0.5) is 5.69 Å². The summed E-state index contributed by atoms with van der Waals surface area (Å²) in [5, 5.41) is 14.0. The highest BCUT2D eigenvalue weighted by atomic mass is 16.3. The van der Waals surface area contributed by atoms with Crippen LogP contribution in [0.3, 0.4) is 0 Å². The topological polar surface area (TPSA) is 61.6 Å². The molecule has 0 saturated carbocycles. The van der Waals surface area contributed by atoms with Gasteiger partial charge in [-0.05, 0) is 49.2 Å². The predicted octanol–water partition coefficient (Wildman–Crippen LogP) is 3.97. The lowest BCUT2D eigenvalue weighted by Crippen LogP contribution is -2.49. The average Bonchev–Trinajstić information content (AvgIpc) is 3.20. The zero-order chi connectivity index (χ0) is 21.3. The Labute approximate surface area is 177 Å². The molecule has 6 nitrogen and oxygen atoms in total. The molecule has 1 aliphatic heterocycles. The number of piperazine rings is 1. The van der Waals surface area contributed by atoms with Gasteiger partial charge in [0.25, 0.3) is 5.91 Å². The Morgan fingerprint density at radius 3 is 2.13 bits per heavy atom. The summed E-state index contributed by atoms with van der Waals surface area (Å²) < 4.78 is 1.89. The van der Waals surface area contributed by atoms with Gasteiger partial charge in [-0.3, -0.25) is 4.79 Å². The fourth-order valence-electron chi connectivity index (χ4n) is 3.97. The van der Waals surface area contributed by atoms with E-state index >= 15 is 0 Å². The van der Waals surface area contributed by atoms with Crippen molar-refractivity contribution in [3.63, 3.8) is 0 Å². The number of carbonyl (C=O) groups is 1. The van der Waals surface area contributed by atoms with Crippen molar-refractivity contribution < 1.29 is 9.90 Å². The molecule has 1 saturated heterocycles. The number of phenols is 1. The van der Waals surface area contributed by atoms with Crippen LogP contribution < -0.4 is 4.90 Å². The molecule has 2 heterocycles. The Kier molecular flexibility index (Phi) is 5.48. The number of benzene rings is 2. The van der Waals surface area contributed by atoms with E-state index in [-0.39, 0.29) is 17.6 Å². The third-order valence-electron chi connectivity index (χ3n) is 5.64. The minimum Gasteiger partial charge on any atom is -0.508 e. The molecule has 0 atom stereocenters.